The highest BCUT2D eigenvalue weighted by Gasteiger charge is 2.91. The summed E-state index contributed by atoms with van der Waals surface area (Å²) in [5.74, 6) is -37.4. The van der Waals surface area contributed by atoms with Crippen molar-refractivity contribution >= 4 is 0 Å². The summed E-state index contributed by atoms with van der Waals surface area (Å²) >= 11 is 0. The molecule has 142 valence electrons. The van der Waals surface area contributed by atoms with E-state index in [-0.39, 0.29) is 6.92 Å². The molecular weight excluding hydrogens is 385 g/mol. The van der Waals surface area contributed by atoms with Crippen LogP contribution in [0.4, 0.5) is 57.1 Å². The van der Waals surface area contributed by atoms with Crippen molar-refractivity contribution in [3.8, 4) is 0 Å². The van der Waals surface area contributed by atoms with Crippen molar-refractivity contribution in [2.24, 2.45) is 5.11 Å². The Kier molecular flexibility index (Phi) is 5.35. The molecule has 0 aromatic rings. The monoisotopic (exact) mass is 389 g/mol. The van der Waals surface area contributed by atoms with Crippen LogP contribution in [0.1, 0.15) is 6.92 Å². The van der Waals surface area contributed by atoms with Gasteiger partial charge in [-0.25, -0.2) is 0 Å². The van der Waals surface area contributed by atoms with E-state index in [0.717, 1.165) is 0 Å². The van der Waals surface area contributed by atoms with Crippen molar-refractivity contribution < 1.29 is 57.1 Å². The van der Waals surface area contributed by atoms with Gasteiger partial charge >= 0.3 is 35.8 Å². The second-order valence-electron chi connectivity index (χ2n) is 4.30. The molecular formula is C8H4F13N3. The Balaban J connectivity index is 6.35. The number of alkyl halides is 13. The van der Waals surface area contributed by atoms with Gasteiger partial charge in [-0.3, -0.25) is 0 Å². The van der Waals surface area contributed by atoms with Gasteiger partial charge in [-0.15, -0.1) is 0 Å². The number of nitrogens with zero attached hydrogens (tertiary/aromatic N) is 3. The van der Waals surface area contributed by atoms with E-state index in [1.807, 2.05) is 5.11 Å². The third-order valence-corrected chi connectivity index (χ3v) is 2.71. The number of halogens is 13. The van der Waals surface area contributed by atoms with Gasteiger partial charge in [0.25, 0.3) is 0 Å². The quantitative estimate of drug-likeness (QED) is 0.252. The molecule has 0 fully saturated rings. The molecule has 0 bridgehead atoms. The molecule has 0 rings (SSSR count). The van der Waals surface area contributed by atoms with Gasteiger partial charge in [0.2, 0.25) is 0 Å². The van der Waals surface area contributed by atoms with Gasteiger partial charge in [0.15, 0.2) is 0 Å². The van der Waals surface area contributed by atoms with E-state index >= 15 is 0 Å². The molecule has 0 aliphatic heterocycles. The summed E-state index contributed by atoms with van der Waals surface area (Å²) in [5, 5.41) is 1.83. The molecule has 0 heterocycles. The maximum Gasteiger partial charge on any atom is 0.460 e. The molecule has 0 aliphatic carbocycles. The van der Waals surface area contributed by atoms with Crippen molar-refractivity contribution in [1.29, 1.82) is 0 Å². The van der Waals surface area contributed by atoms with E-state index in [9.17, 15) is 57.1 Å². The number of rotatable bonds is 6. The first kappa shape index (κ1) is 22.4. The summed E-state index contributed by atoms with van der Waals surface area (Å²) in [6, 6.07) is -3.49. The van der Waals surface area contributed by atoms with Gasteiger partial charge in [-0.05, 0) is 5.53 Å². The molecule has 0 radical (unpaired) electrons. The Morgan fingerprint density at radius 2 is 1.00 bits per heavy atom. The lowest BCUT2D eigenvalue weighted by molar-refractivity contribution is -0.440. The minimum Gasteiger partial charge on any atom is -0.199 e. The molecule has 0 N–H and O–H groups in total. The fourth-order valence-corrected chi connectivity index (χ4v) is 1.19. The smallest absolute Gasteiger partial charge is 0.199 e. The Morgan fingerprint density at radius 3 is 1.29 bits per heavy atom. The highest BCUT2D eigenvalue weighted by molar-refractivity contribution is 5.11. The zero-order chi connectivity index (χ0) is 20.0. The van der Waals surface area contributed by atoms with E-state index in [0.29, 0.717) is 0 Å². The third-order valence-electron chi connectivity index (χ3n) is 2.71. The SMILES string of the molecule is CC(N=[N+]=[N-])C(F)(F)C(F)(F)C(F)(F)C(F)(F)C(F)(F)C(F)(F)F. The molecule has 0 aliphatic rings. The van der Waals surface area contributed by atoms with Crippen LogP contribution < -0.4 is 0 Å². The average molecular weight is 389 g/mol. The van der Waals surface area contributed by atoms with E-state index in [4.69, 9.17) is 5.53 Å². The fraction of sp³-hybridized carbons (Fsp3) is 1.00. The summed E-state index contributed by atoms with van der Waals surface area (Å²) in [6.45, 7) is -0.177. The van der Waals surface area contributed by atoms with Gasteiger partial charge < -0.3 is 0 Å². The Bertz CT molecular complexity index is 516. The second-order valence-corrected chi connectivity index (χ2v) is 4.30. The van der Waals surface area contributed by atoms with Gasteiger partial charge in [-0.1, -0.05) is 12.0 Å². The molecule has 24 heavy (non-hydrogen) atoms. The van der Waals surface area contributed by atoms with Crippen LogP contribution in [0, 0.1) is 0 Å². The summed E-state index contributed by atoms with van der Waals surface area (Å²) in [7, 11) is 0. The van der Waals surface area contributed by atoms with Crippen LogP contribution in [-0.4, -0.2) is 41.8 Å². The molecule has 0 saturated heterocycles. The first-order valence-electron chi connectivity index (χ1n) is 5.23. The van der Waals surface area contributed by atoms with E-state index in [1.54, 1.807) is 0 Å². The van der Waals surface area contributed by atoms with Crippen molar-refractivity contribution in [2.45, 2.75) is 48.8 Å². The number of hydrogen-bond donors (Lipinski definition) is 0. The summed E-state index contributed by atoms with van der Waals surface area (Å²) < 4.78 is 164. The maximum atomic E-state index is 13.1. The number of azide groups is 1. The topological polar surface area (TPSA) is 48.8 Å². The van der Waals surface area contributed by atoms with Crippen molar-refractivity contribution in [2.75, 3.05) is 0 Å². The van der Waals surface area contributed by atoms with Crippen LogP contribution in [0.3, 0.4) is 0 Å². The Morgan fingerprint density at radius 1 is 0.667 bits per heavy atom. The zero-order valence-electron chi connectivity index (χ0n) is 10.8. The molecule has 0 amide bonds. The van der Waals surface area contributed by atoms with Crippen LogP contribution in [0.5, 0.6) is 0 Å². The van der Waals surface area contributed by atoms with Crippen molar-refractivity contribution in [3.63, 3.8) is 0 Å². The summed E-state index contributed by atoms with van der Waals surface area (Å²) in [6.07, 6.45) is -7.46. The molecule has 0 spiro atoms. The molecule has 0 aromatic heterocycles. The minimum atomic E-state index is -7.96. The minimum absolute atomic E-state index is 0.177. The first-order valence-corrected chi connectivity index (χ1v) is 5.23. The predicted molar refractivity (Wildman–Crippen MR) is 49.4 cm³/mol. The predicted octanol–water partition coefficient (Wildman–Crippen LogP) is 5.42. The highest BCUT2D eigenvalue weighted by atomic mass is 19.4. The van der Waals surface area contributed by atoms with E-state index in [2.05, 4.69) is 0 Å². The lowest BCUT2D eigenvalue weighted by Crippen LogP contribution is -2.71. The van der Waals surface area contributed by atoms with E-state index < -0.39 is 41.8 Å². The summed E-state index contributed by atoms with van der Waals surface area (Å²) in [5.41, 5.74) is 7.74. The highest BCUT2D eigenvalue weighted by Crippen LogP contribution is 2.60. The van der Waals surface area contributed by atoms with Gasteiger partial charge in [0, 0.05) is 4.91 Å². The van der Waals surface area contributed by atoms with Crippen LogP contribution in [-0.2, 0) is 0 Å². The zero-order valence-corrected chi connectivity index (χ0v) is 10.8. The molecule has 0 saturated carbocycles. The molecule has 3 nitrogen and oxygen atoms in total. The van der Waals surface area contributed by atoms with Crippen molar-refractivity contribution in [3.05, 3.63) is 10.4 Å². The van der Waals surface area contributed by atoms with Crippen LogP contribution in [0.2, 0.25) is 0 Å². The maximum absolute atomic E-state index is 13.1. The number of hydrogen-bond acceptors (Lipinski definition) is 1. The Hall–Kier alpha value is -1.60. The Labute approximate surface area is 123 Å². The van der Waals surface area contributed by atoms with Crippen LogP contribution >= 0.6 is 0 Å². The van der Waals surface area contributed by atoms with Gasteiger partial charge in [0.1, 0.15) is 6.04 Å². The molecule has 1 unspecified atom stereocenters. The lowest BCUT2D eigenvalue weighted by atomic mass is 9.91. The second kappa shape index (κ2) is 5.74. The van der Waals surface area contributed by atoms with Gasteiger partial charge in [-0.2, -0.15) is 57.1 Å². The summed E-state index contributed by atoms with van der Waals surface area (Å²) in [4.78, 5) is 1.50. The van der Waals surface area contributed by atoms with E-state index in [1.165, 1.54) is 4.91 Å². The largest absolute Gasteiger partial charge is 0.460 e. The first-order chi connectivity index (χ1) is 10.2. The van der Waals surface area contributed by atoms with Crippen LogP contribution in [0.25, 0.3) is 10.4 Å². The molecule has 16 heteroatoms. The standard InChI is InChI=1S/C8H4F13N3/c1-2(23-24-22)3(9,10)4(11,12)5(13,14)6(15,16)7(17,18)8(19,20)21/h2H,1H3. The van der Waals surface area contributed by atoms with Crippen LogP contribution in [0.15, 0.2) is 5.11 Å². The normalized spacial score (nSPS) is 16.6. The fourth-order valence-electron chi connectivity index (χ4n) is 1.19. The lowest BCUT2D eigenvalue weighted by Gasteiger charge is -2.40. The van der Waals surface area contributed by atoms with Gasteiger partial charge in [0.05, 0.1) is 0 Å². The molecule has 0 aromatic carbocycles. The molecule has 1 atom stereocenters. The van der Waals surface area contributed by atoms with Crippen molar-refractivity contribution in [1.82, 2.24) is 0 Å². The third kappa shape index (κ3) is 2.80. The average Bonchev–Trinajstić information content (AvgIpc) is 2.36.